The average molecular weight is 330 g/mol. The first-order valence-corrected chi connectivity index (χ1v) is 6.92. The van der Waals surface area contributed by atoms with E-state index in [1.165, 1.54) is 0 Å². The van der Waals surface area contributed by atoms with Gasteiger partial charge in [0.1, 0.15) is 6.61 Å². The third kappa shape index (κ3) is 6.31. The molecule has 0 bridgehead atoms. The molecule has 0 radical (unpaired) electrons. The quantitative estimate of drug-likeness (QED) is 0.788. The van der Waals surface area contributed by atoms with Gasteiger partial charge in [0.15, 0.2) is 0 Å². The maximum atomic E-state index is 12.1. The third-order valence-electron chi connectivity index (χ3n) is 2.54. The maximum absolute atomic E-state index is 12.1. The van der Waals surface area contributed by atoms with Gasteiger partial charge in [-0.05, 0) is 30.7 Å². The van der Waals surface area contributed by atoms with E-state index in [1.807, 2.05) is 6.92 Å². The Morgan fingerprint density at radius 3 is 2.50 bits per heavy atom. The van der Waals surface area contributed by atoms with Gasteiger partial charge in [0.05, 0.1) is 22.7 Å². The van der Waals surface area contributed by atoms with Gasteiger partial charge in [-0.25, -0.2) is 0 Å². The highest BCUT2D eigenvalue weighted by Crippen LogP contribution is 2.26. The molecule has 0 aliphatic rings. The van der Waals surface area contributed by atoms with Gasteiger partial charge in [0.25, 0.3) is 0 Å². The molecule has 7 heteroatoms. The SMILES string of the molecule is CCCNC(COCC(F)(F)F)c1ccc(Cl)c(Cl)c1. The summed E-state index contributed by atoms with van der Waals surface area (Å²) in [4.78, 5) is 0. The van der Waals surface area contributed by atoms with Gasteiger partial charge in [-0.2, -0.15) is 13.2 Å². The van der Waals surface area contributed by atoms with E-state index in [4.69, 9.17) is 27.9 Å². The highest BCUT2D eigenvalue weighted by molar-refractivity contribution is 6.42. The summed E-state index contributed by atoms with van der Waals surface area (Å²) < 4.78 is 41.0. The number of benzene rings is 1. The van der Waals surface area contributed by atoms with Gasteiger partial charge >= 0.3 is 6.18 Å². The molecule has 0 fully saturated rings. The Labute approximate surface area is 126 Å². The van der Waals surface area contributed by atoms with Crippen molar-refractivity contribution in [2.75, 3.05) is 19.8 Å². The molecule has 1 aromatic carbocycles. The molecule has 0 aliphatic heterocycles. The van der Waals surface area contributed by atoms with Gasteiger partial charge in [0, 0.05) is 0 Å². The largest absolute Gasteiger partial charge is 0.411 e. The minimum absolute atomic E-state index is 0.0858. The summed E-state index contributed by atoms with van der Waals surface area (Å²) in [6, 6.07) is 4.61. The number of alkyl halides is 3. The van der Waals surface area contributed by atoms with Gasteiger partial charge < -0.3 is 10.1 Å². The second-order valence-electron chi connectivity index (χ2n) is 4.31. The van der Waals surface area contributed by atoms with Crippen molar-refractivity contribution in [3.05, 3.63) is 33.8 Å². The normalized spacial score (nSPS) is 13.5. The Bertz CT molecular complexity index is 427. The Balaban J connectivity index is 2.69. The fourth-order valence-electron chi connectivity index (χ4n) is 1.61. The lowest BCUT2D eigenvalue weighted by atomic mass is 10.1. The molecule has 1 N–H and O–H groups in total. The summed E-state index contributed by atoms with van der Waals surface area (Å²) in [6.07, 6.45) is -3.47. The highest BCUT2D eigenvalue weighted by Gasteiger charge is 2.28. The Morgan fingerprint density at radius 2 is 1.95 bits per heavy atom. The molecule has 1 atom stereocenters. The number of rotatable bonds is 7. The fraction of sp³-hybridized carbons (Fsp3) is 0.538. The van der Waals surface area contributed by atoms with E-state index in [9.17, 15) is 13.2 Å². The lowest BCUT2D eigenvalue weighted by Gasteiger charge is -2.20. The van der Waals surface area contributed by atoms with E-state index >= 15 is 0 Å². The highest BCUT2D eigenvalue weighted by atomic mass is 35.5. The van der Waals surface area contributed by atoms with Crippen LogP contribution in [0.25, 0.3) is 0 Å². The Hall–Kier alpha value is -0.490. The van der Waals surface area contributed by atoms with Crippen molar-refractivity contribution < 1.29 is 17.9 Å². The van der Waals surface area contributed by atoms with Crippen molar-refractivity contribution in [3.63, 3.8) is 0 Å². The third-order valence-corrected chi connectivity index (χ3v) is 3.28. The molecule has 0 heterocycles. The van der Waals surface area contributed by atoms with E-state index in [0.717, 1.165) is 12.0 Å². The van der Waals surface area contributed by atoms with Crippen LogP contribution < -0.4 is 5.32 Å². The zero-order valence-corrected chi connectivity index (χ0v) is 12.4. The van der Waals surface area contributed by atoms with E-state index in [1.54, 1.807) is 18.2 Å². The standard InChI is InChI=1S/C13H16Cl2F3NO/c1-2-5-19-12(7-20-8-13(16,17)18)9-3-4-10(14)11(15)6-9/h3-4,6,12,19H,2,5,7-8H2,1H3. The number of nitrogens with one attached hydrogen (secondary N) is 1. The van der Waals surface area contributed by atoms with E-state index < -0.39 is 12.8 Å². The average Bonchev–Trinajstić information content (AvgIpc) is 2.35. The summed E-state index contributed by atoms with van der Waals surface area (Å²) in [6.45, 7) is 1.28. The van der Waals surface area contributed by atoms with Crippen LogP contribution in [0.5, 0.6) is 0 Å². The summed E-state index contributed by atoms with van der Waals surface area (Å²) in [5.74, 6) is 0. The number of halogens is 5. The molecule has 0 saturated heterocycles. The molecule has 0 aromatic heterocycles. The first-order valence-electron chi connectivity index (χ1n) is 6.16. The van der Waals surface area contributed by atoms with Crippen LogP contribution in [0, 0.1) is 0 Å². The van der Waals surface area contributed by atoms with Crippen molar-refractivity contribution in [2.24, 2.45) is 0 Å². The summed E-state index contributed by atoms with van der Waals surface area (Å²) in [7, 11) is 0. The molecule has 0 spiro atoms. The molecule has 114 valence electrons. The van der Waals surface area contributed by atoms with Crippen LogP contribution in [-0.4, -0.2) is 25.9 Å². The number of ether oxygens (including phenoxy) is 1. The molecule has 0 saturated carbocycles. The van der Waals surface area contributed by atoms with Crippen LogP contribution in [0.1, 0.15) is 24.9 Å². The molecular weight excluding hydrogens is 314 g/mol. The molecule has 0 amide bonds. The van der Waals surface area contributed by atoms with Crippen molar-refractivity contribution in [1.29, 1.82) is 0 Å². The van der Waals surface area contributed by atoms with E-state index in [-0.39, 0.29) is 12.6 Å². The van der Waals surface area contributed by atoms with Crippen molar-refractivity contribution in [2.45, 2.75) is 25.6 Å². The minimum atomic E-state index is -4.33. The lowest BCUT2D eigenvalue weighted by Crippen LogP contribution is -2.28. The van der Waals surface area contributed by atoms with Gasteiger partial charge in [-0.15, -0.1) is 0 Å². The number of hydrogen-bond donors (Lipinski definition) is 1. The number of hydrogen-bond acceptors (Lipinski definition) is 2. The molecule has 20 heavy (non-hydrogen) atoms. The summed E-state index contributed by atoms with van der Waals surface area (Å²) in [5.41, 5.74) is 0.745. The fourth-order valence-corrected chi connectivity index (χ4v) is 1.92. The van der Waals surface area contributed by atoms with Crippen molar-refractivity contribution in [3.8, 4) is 0 Å². The van der Waals surface area contributed by atoms with Gasteiger partial charge in [-0.3, -0.25) is 0 Å². The zero-order valence-electron chi connectivity index (χ0n) is 10.9. The second-order valence-corrected chi connectivity index (χ2v) is 5.12. The first kappa shape index (κ1) is 17.6. The Morgan fingerprint density at radius 1 is 1.25 bits per heavy atom. The minimum Gasteiger partial charge on any atom is -0.370 e. The van der Waals surface area contributed by atoms with Crippen LogP contribution in [0.4, 0.5) is 13.2 Å². The first-order chi connectivity index (χ1) is 9.33. The summed E-state index contributed by atoms with van der Waals surface area (Å²) in [5, 5.41) is 3.89. The van der Waals surface area contributed by atoms with Crippen LogP contribution >= 0.6 is 23.2 Å². The van der Waals surface area contributed by atoms with Crippen LogP contribution in [-0.2, 0) is 4.74 Å². The topological polar surface area (TPSA) is 21.3 Å². The van der Waals surface area contributed by atoms with E-state index in [0.29, 0.717) is 16.6 Å². The molecule has 1 unspecified atom stereocenters. The second kappa shape index (κ2) is 8.08. The Kier molecular flexibility index (Phi) is 7.09. The predicted molar refractivity (Wildman–Crippen MR) is 74.4 cm³/mol. The summed E-state index contributed by atoms with van der Waals surface area (Å²) >= 11 is 11.7. The monoisotopic (exact) mass is 329 g/mol. The van der Waals surface area contributed by atoms with Gasteiger partial charge in [0.2, 0.25) is 0 Å². The van der Waals surface area contributed by atoms with Crippen LogP contribution in [0.2, 0.25) is 10.0 Å². The van der Waals surface area contributed by atoms with Gasteiger partial charge in [-0.1, -0.05) is 36.2 Å². The zero-order chi connectivity index (χ0) is 15.2. The smallest absolute Gasteiger partial charge is 0.370 e. The molecule has 2 nitrogen and oxygen atoms in total. The maximum Gasteiger partial charge on any atom is 0.411 e. The molecule has 0 aliphatic carbocycles. The predicted octanol–water partition coefficient (Wildman–Crippen LogP) is 4.61. The van der Waals surface area contributed by atoms with Crippen molar-refractivity contribution in [1.82, 2.24) is 5.32 Å². The lowest BCUT2D eigenvalue weighted by molar-refractivity contribution is -0.175. The molecule has 1 aromatic rings. The van der Waals surface area contributed by atoms with Crippen LogP contribution in [0.3, 0.4) is 0 Å². The molecular formula is C13H16Cl2F3NO. The molecule has 1 rings (SSSR count). The van der Waals surface area contributed by atoms with Crippen LogP contribution in [0.15, 0.2) is 18.2 Å². The van der Waals surface area contributed by atoms with Crippen molar-refractivity contribution >= 4 is 23.2 Å². The van der Waals surface area contributed by atoms with E-state index in [2.05, 4.69) is 5.32 Å².